The molecule has 1 aromatic heterocycles. The van der Waals surface area contributed by atoms with Gasteiger partial charge in [-0.05, 0) is 47.6 Å². The van der Waals surface area contributed by atoms with Crippen molar-refractivity contribution < 1.29 is 9.53 Å². The van der Waals surface area contributed by atoms with Crippen LogP contribution in [-0.2, 0) is 0 Å². The topological polar surface area (TPSA) is 53.6 Å². The normalized spacial score (nSPS) is 12.0. The Labute approximate surface area is 147 Å². The third-order valence-electron chi connectivity index (χ3n) is 3.99. The fraction of sp³-hybridized carbons (Fsp3) is 0.389. The number of rotatable bonds is 8. The molecule has 2 rings (SSSR count). The molecule has 130 valence electrons. The van der Waals surface area contributed by atoms with Crippen LogP contribution < -0.4 is 15.4 Å². The van der Waals surface area contributed by atoms with Gasteiger partial charge in [0.2, 0.25) is 0 Å². The van der Waals surface area contributed by atoms with Crippen LogP contribution in [0.25, 0.3) is 0 Å². The molecule has 5 nitrogen and oxygen atoms in total. The van der Waals surface area contributed by atoms with E-state index >= 15 is 0 Å². The molecule has 0 fully saturated rings. The predicted octanol–water partition coefficient (Wildman–Crippen LogP) is 3.96. The third kappa shape index (κ3) is 4.72. The Bertz CT molecular complexity index is 627. The molecule has 0 aliphatic rings. The quantitative estimate of drug-likeness (QED) is 0.760. The van der Waals surface area contributed by atoms with Gasteiger partial charge in [-0.1, -0.05) is 26.0 Å². The summed E-state index contributed by atoms with van der Waals surface area (Å²) in [4.78, 5) is 14.6. The van der Waals surface area contributed by atoms with Crippen molar-refractivity contribution in [3.63, 3.8) is 0 Å². The molecule has 6 heteroatoms. The van der Waals surface area contributed by atoms with Crippen LogP contribution in [0.3, 0.4) is 0 Å². The van der Waals surface area contributed by atoms with E-state index in [1.807, 2.05) is 24.3 Å². The van der Waals surface area contributed by atoms with Gasteiger partial charge in [0.1, 0.15) is 5.75 Å². The average molecular weight is 347 g/mol. The van der Waals surface area contributed by atoms with Crippen LogP contribution in [0.5, 0.6) is 5.75 Å². The first-order valence-corrected chi connectivity index (χ1v) is 9.07. The van der Waals surface area contributed by atoms with E-state index in [1.165, 1.54) is 5.56 Å². The van der Waals surface area contributed by atoms with Crippen molar-refractivity contribution in [1.29, 1.82) is 0 Å². The number of anilines is 1. The molecule has 0 aliphatic carbocycles. The van der Waals surface area contributed by atoms with E-state index in [1.54, 1.807) is 18.4 Å². The second-order valence-electron chi connectivity index (χ2n) is 5.33. The number of hydrogen-bond acceptors (Lipinski definition) is 4. The molecule has 1 atom stereocenters. The summed E-state index contributed by atoms with van der Waals surface area (Å²) < 4.78 is 5.25. The van der Waals surface area contributed by atoms with Gasteiger partial charge < -0.3 is 15.4 Å². The molecule has 1 aromatic carbocycles. The minimum absolute atomic E-state index is 0.176. The molecule has 2 N–H and O–H groups in total. The molecule has 0 radical (unpaired) electrons. The van der Waals surface area contributed by atoms with Crippen LogP contribution in [0.2, 0.25) is 0 Å². The maximum absolute atomic E-state index is 12.3. The molecule has 0 saturated carbocycles. The highest BCUT2D eigenvalue weighted by molar-refractivity contribution is 7.07. The smallest absolute Gasteiger partial charge is 0.319 e. The van der Waals surface area contributed by atoms with Gasteiger partial charge >= 0.3 is 6.03 Å². The molecular weight excluding hydrogens is 322 g/mol. The number of ether oxygens (including phenoxy) is 1. The molecule has 0 saturated heterocycles. The molecule has 0 spiro atoms. The lowest BCUT2D eigenvalue weighted by Crippen LogP contribution is -2.39. The minimum atomic E-state index is -0.230. The third-order valence-corrected chi connectivity index (χ3v) is 4.69. The number of para-hydroxylation sites is 2. The first-order valence-electron chi connectivity index (χ1n) is 8.13. The fourth-order valence-corrected chi connectivity index (χ4v) is 3.40. The Hall–Kier alpha value is -2.05. The number of benzene rings is 1. The van der Waals surface area contributed by atoms with Gasteiger partial charge in [-0.3, -0.25) is 4.90 Å². The Morgan fingerprint density at radius 2 is 2.00 bits per heavy atom. The Kier molecular flexibility index (Phi) is 7.08. The molecule has 24 heavy (non-hydrogen) atoms. The van der Waals surface area contributed by atoms with E-state index in [0.29, 0.717) is 18.0 Å². The van der Waals surface area contributed by atoms with E-state index < -0.39 is 0 Å². The fourth-order valence-electron chi connectivity index (χ4n) is 2.69. The summed E-state index contributed by atoms with van der Waals surface area (Å²) in [6, 6.07) is 9.44. The highest BCUT2D eigenvalue weighted by atomic mass is 32.1. The molecule has 1 heterocycles. The zero-order valence-electron chi connectivity index (χ0n) is 14.4. The van der Waals surface area contributed by atoms with Crippen LogP contribution >= 0.6 is 11.3 Å². The number of carbonyl (C=O) groups excluding carboxylic acids is 1. The highest BCUT2D eigenvalue weighted by Crippen LogP contribution is 2.24. The molecule has 0 bridgehead atoms. The van der Waals surface area contributed by atoms with Crippen LogP contribution in [0.4, 0.5) is 10.5 Å². The van der Waals surface area contributed by atoms with E-state index in [9.17, 15) is 4.79 Å². The second-order valence-corrected chi connectivity index (χ2v) is 6.11. The number of nitrogens with zero attached hydrogens (tertiary/aromatic N) is 1. The largest absolute Gasteiger partial charge is 0.495 e. The van der Waals surface area contributed by atoms with Gasteiger partial charge in [-0.25, -0.2) is 4.79 Å². The van der Waals surface area contributed by atoms with Gasteiger partial charge in [-0.15, -0.1) is 0 Å². The number of thiophene rings is 1. The first kappa shape index (κ1) is 18.3. The Morgan fingerprint density at radius 1 is 1.25 bits per heavy atom. The van der Waals surface area contributed by atoms with Gasteiger partial charge in [0.25, 0.3) is 0 Å². The summed E-state index contributed by atoms with van der Waals surface area (Å²) in [5.74, 6) is 0.644. The van der Waals surface area contributed by atoms with Crippen molar-refractivity contribution in [2.75, 3.05) is 32.1 Å². The summed E-state index contributed by atoms with van der Waals surface area (Å²) >= 11 is 1.68. The lowest BCUT2D eigenvalue weighted by atomic mass is 10.1. The van der Waals surface area contributed by atoms with Crippen molar-refractivity contribution >= 4 is 23.1 Å². The van der Waals surface area contributed by atoms with Crippen molar-refractivity contribution in [1.82, 2.24) is 10.2 Å². The Balaban J connectivity index is 1.99. The molecule has 2 amide bonds. The molecular formula is C18H25N3O2S. The van der Waals surface area contributed by atoms with Crippen LogP contribution in [0.15, 0.2) is 41.1 Å². The minimum Gasteiger partial charge on any atom is -0.495 e. The van der Waals surface area contributed by atoms with Crippen molar-refractivity contribution in [3.05, 3.63) is 46.7 Å². The lowest BCUT2D eigenvalue weighted by molar-refractivity contribution is 0.210. The summed E-state index contributed by atoms with van der Waals surface area (Å²) in [6.07, 6.45) is 0. The maximum atomic E-state index is 12.3. The number of methoxy groups -OCH3 is 1. The molecule has 0 aliphatic heterocycles. The zero-order valence-corrected chi connectivity index (χ0v) is 15.2. The number of hydrogen-bond donors (Lipinski definition) is 2. The van der Waals surface area contributed by atoms with Crippen LogP contribution in [0.1, 0.15) is 25.5 Å². The van der Waals surface area contributed by atoms with Crippen LogP contribution in [-0.4, -0.2) is 37.7 Å². The van der Waals surface area contributed by atoms with Gasteiger partial charge in [0.05, 0.1) is 18.8 Å². The lowest BCUT2D eigenvalue weighted by Gasteiger charge is -2.29. The predicted molar refractivity (Wildman–Crippen MR) is 100.0 cm³/mol. The SMILES string of the molecule is CCN(CC)[C@@H](CNC(=O)Nc1ccccc1OC)c1ccsc1. The van der Waals surface area contributed by atoms with Gasteiger partial charge in [0.15, 0.2) is 0 Å². The summed E-state index contributed by atoms with van der Waals surface area (Å²) in [6.45, 7) is 6.70. The second kappa shape index (κ2) is 9.30. The molecule has 0 unspecified atom stereocenters. The van der Waals surface area contributed by atoms with E-state index in [4.69, 9.17) is 4.74 Å². The first-order chi connectivity index (χ1) is 11.7. The number of likely N-dealkylation sites (N-methyl/N-ethyl adjacent to an activating group) is 1. The summed E-state index contributed by atoms with van der Waals surface area (Å²) in [5.41, 5.74) is 1.90. The Morgan fingerprint density at radius 3 is 2.62 bits per heavy atom. The average Bonchev–Trinajstić information content (AvgIpc) is 3.13. The van der Waals surface area contributed by atoms with Gasteiger partial charge in [-0.2, -0.15) is 11.3 Å². The van der Waals surface area contributed by atoms with E-state index in [-0.39, 0.29) is 12.1 Å². The standard InChI is InChI=1S/C18H25N3O2S/c1-4-21(5-2)16(14-10-11-24-13-14)12-19-18(22)20-15-8-6-7-9-17(15)23-3/h6-11,13,16H,4-5,12H2,1-3H3,(H2,19,20,22)/t16-/m0/s1. The monoisotopic (exact) mass is 347 g/mol. The van der Waals surface area contributed by atoms with Crippen molar-refractivity contribution in [2.45, 2.75) is 19.9 Å². The summed E-state index contributed by atoms with van der Waals surface area (Å²) in [7, 11) is 1.59. The number of urea groups is 1. The van der Waals surface area contributed by atoms with E-state index in [2.05, 4.69) is 46.2 Å². The number of nitrogens with one attached hydrogen (secondary N) is 2. The molecule has 2 aromatic rings. The van der Waals surface area contributed by atoms with Crippen molar-refractivity contribution in [2.24, 2.45) is 0 Å². The number of carbonyl (C=O) groups is 1. The maximum Gasteiger partial charge on any atom is 0.319 e. The van der Waals surface area contributed by atoms with E-state index in [0.717, 1.165) is 13.1 Å². The highest BCUT2D eigenvalue weighted by Gasteiger charge is 2.19. The van der Waals surface area contributed by atoms with Crippen LogP contribution in [0, 0.1) is 0 Å². The zero-order chi connectivity index (χ0) is 17.4. The number of amides is 2. The van der Waals surface area contributed by atoms with Crippen molar-refractivity contribution in [3.8, 4) is 5.75 Å². The summed E-state index contributed by atoms with van der Waals surface area (Å²) in [5, 5.41) is 10.0. The van der Waals surface area contributed by atoms with Gasteiger partial charge in [0, 0.05) is 6.54 Å².